The first-order chi connectivity index (χ1) is 14.3. The van der Waals surface area contributed by atoms with Crippen LogP contribution >= 0.6 is 0 Å². The highest BCUT2D eigenvalue weighted by Crippen LogP contribution is 2.33. The van der Waals surface area contributed by atoms with Gasteiger partial charge in [0.05, 0.1) is 12.5 Å². The third kappa shape index (κ3) is 4.76. The van der Waals surface area contributed by atoms with Crippen LogP contribution in [0.5, 0.6) is 0 Å². The van der Waals surface area contributed by atoms with Gasteiger partial charge in [0.2, 0.25) is 5.91 Å². The molecule has 2 atom stereocenters. The van der Waals surface area contributed by atoms with Gasteiger partial charge in [0.15, 0.2) is 6.10 Å². The average Bonchev–Trinajstić information content (AvgIpc) is 2.70. The molecule has 156 valence electrons. The lowest BCUT2D eigenvalue weighted by Crippen LogP contribution is -2.35. The number of hydrogen-bond donors (Lipinski definition) is 1. The molecule has 2 amide bonds. The zero-order valence-electron chi connectivity index (χ0n) is 17.6. The summed E-state index contributed by atoms with van der Waals surface area (Å²) in [6, 6.07) is 12.9. The third-order valence-electron chi connectivity index (χ3n) is 5.16. The van der Waals surface area contributed by atoms with Crippen LogP contribution in [-0.4, -0.2) is 28.8 Å². The number of ether oxygens (including phenoxy) is 1. The second kappa shape index (κ2) is 8.95. The molecule has 2 aromatic rings. The molecule has 0 bridgehead atoms. The molecule has 1 aliphatic rings. The number of amides is 2. The highest BCUT2D eigenvalue weighted by atomic mass is 16.5. The van der Waals surface area contributed by atoms with E-state index in [9.17, 15) is 14.4 Å². The van der Waals surface area contributed by atoms with Crippen molar-refractivity contribution < 1.29 is 19.1 Å². The number of fused-ring (bicyclic) bond motifs is 1. The van der Waals surface area contributed by atoms with Gasteiger partial charge in [0, 0.05) is 18.8 Å². The lowest BCUT2D eigenvalue weighted by atomic mass is 9.94. The Morgan fingerprint density at radius 2 is 1.87 bits per heavy atom. The zero-order chi connectivity index (χ0) is 21.8. The van der Waals surface area contributed by atoms with Gasteiger partial charge < -0.3 is 15.0 Å². The summed E-state index contributed by atoms with van der Waals surface area (Å²) in [5.41, 5.74) is 4.47. The van der Waals surface area contributed by atoms with Crippen LogP contribution in [0.3, 0.4) is 0 Å². The highest BCUT2D eigenvalue weighted by Gasteiger charge is 2.30. The molecule has 0 aliphatic carbocycles. The summed E-state index contributed by atoms with van der Waals surface area (Å²) in [5, 5.41) is 2.81. The highest BCUT2D eigenvalue weighted by molar-refractivity contribution is 5.95. The first kappa shape index (κ1) is 21.3. The Morgan fingerprint density at radius 3 is 2.60 bits per heavy atom. The Bertz CT molecular complexity index is 1010. The van der Waals surface area contributed by atoms with Crippen molar-refractivity contribution in [2.45, 2.75) is 46.3 Å². The molecule has 0 aromatic heterocycles. The van der Waals surface area contributed by atoms with Gasteiger partial charge >= 0.3 is 5.97 Å². The second-order valence-electron chi connectivity index (χ2n) is 7.53. The number of aryl methyl sites for hydroxylation is 2. The second-order valence-corrected chi connectivity index (χ2v) is 7.53. The standard InChI is InChI=1S/C24H26N2O4/c1-15-9-10-16(2)21(13-15)25-24(29)17(3)30-23(28)14-22-20-8-6-5-7-19(20)11-12-26(22)18(4)27/h5-13,17,22H,14H2,1-4H3,(H,25,29)/t17-,22+/m1/s1. The normalized spacial score (nSPS) is 15.9. The van der Waals surface area contributed by atoms with Crippen LogP contribution in [0.4, 0.5) is 5.69 Å². The molecule has 1 N–H and O–H groups in total. The van der Waals surface area contributed by atoms with E-state index in [4.69, 9.17) is 4.74 Å². The lowest BCUT2D eigenvalue weighted by molar-refractivity contribution is -0.154. The molecule has 6 nitrogen and oxygen atoms in total. The van der Waals surface area contributed by atoms with Crippen LogP contribution < -0.4 is 5.32 Å². The Hall–Kier alpha value is -3.41. The number of benzene rings is 2. The van der Waals surface area contributed by atoms with Crippen molar-refractivity contribution in [1.29, 1.82) is 0 Å². The van der Waals surface area contributed by atoms with Gasteiger partial charge in [-0.1, -0.05) is 36.4 Å². The van der Waals surface area contributed by atoms with E-state index in [1.807, 2.05) is 62.4 Å². The summed E-state index contributed by atoms with van der Waals surface area (Å²) >= 11 is 0. The van der Waals surface area contributed by atoms with Crippen LogP contribution in [0.2, 0.25) is 0 Å². The van der Waals surface area contributed by atoms with E-state index >= 15 is 0 Å². The number of nitrogens with one attached hydrogen (secondary N) is 1. The van der Waals surface area contributed by atoms with Crippen molar-refractivity contribution in [3.05, 3.63) is 70.9 Å². The van der Waals surface area contributed by atoms with E-state index in [1.54, 1.807) is 6.20 Å². The third-order valence-corrected chi connectivity index (χ3v) is 5.16. The molecule has 2 aromatic carbocycles. The first-order valence-electron chi connectivity index (χ1n) is 9.90. The van der Waals surface area contributed by atoms with E-state index < -0.39 is 24.0 Å². The Morgan fingerprint density at radius 1 is 1.13 bits per heavy atom. The predicted molar refractivity (Wildman–Crippen MR) is 115 cm³/mol. The van der Waals surface area contributed by atoms with Crippen molar-refractivity contribution in [1.82, 2.24) is 4.90 Å². The molecule has 1 heterocycles. The van der Waals surface area contributed by atoms with Crippen molar-refractivity contribution in [3.63, 3.8) is 0 Å². The molecular weight excluding hydrogens is 380 g/mol. The van der Waals surface area contributed by atoms with Gasteiger partial charge in [-0.15, -0.1) is 0 Å². The number of carbonyl (C=O) groups is 3. The van der Waals surface area contributed by atoms with Crippen LogP contribution in [0.15, 0.2) is 48.7 Å². The van der Waals surface area contributed by atoms with Crippen LogP contribution in [0.25, 0.3) is 6.08 Å². The van der Waals surface area contributed by atoms with Gasteiger partial charge in [-0.25, -0.2) is 0 Å². The van der Waals surface area contributed by atoms with E-state index in [0.717, 1.165) is 22.3 Å². The largest absolute Gasteiger partial charge is 0.452 e. The maximum Gasteiger partial charge on any atom is 0.309 e. The molecule has 30 heavy (non-hydrogen) atoms. The van der Waals surface area contributed by atoms with Crippen molar-refractivity contribution in [2.75, 3.05) is 5.32 Å². The van der Waals surface area contributed by atoms with Gasteiger partial charge in [-0.2, -0.15) is 0 Å². The maximum atomic E-state index is 12.6. The Labute approximate surface area is 176 Å². The van der Waals surface area contributed by atoms with Crippen molar-refractivity contribution >= 4 is 29.5 Å². The van der Waals surface area contributed by atoms with Crippen LogP contribution in [0, 0.1) is 13.8 Å². The number of anilines is 1. The molecule has 0 fully saturated rings. The summed E-state index contributed by atoms with van der Waals surface area (Å²) in [4.78, 5) is 38.7. The minimum Gasteiger partial charge on any atom is -0.452 e. The molecule has 1 aliphatic heterocycles. The Kier molecular flexibility index (Phi) is 6.35. The molecule has 0 unspecified atom stereocenters. The molecule has 0 spiro atoms. The minimum absolute atomic E-state index is 0.0397. The fraction of sp³-hybridized carbons (Fsp3) is 0.292. The number of carbonyl (C=O) groups excluding carboxylic acids is 3. The van der Waals surface area contributed by atoms with Gasteiger partial charge in [-0.3, -0.25) is 14.4 Å². The summed E-state index contributed by atoms with van der Waals surface area (Å²) in [6.07, 6.45) is 2.53. The number of rotatable bonds is 5. The number of esters is 1. The number of hydrogen-bond acceptors (Lipinski definition) is 4. The smallest absolute Gasteiger partial charge is 0.309 e. The van der Waals surface area contributed by atoms with Gasteiger partial charge in [0.25, 0.3) is 5.91 Å². The first-order valence-corrected chi connectivity index (χ1v) is 9.90. The summed E-state index contributed by atoms with van der Waals surface area (Å²) < 4.78 is 5.39. The molecule has 3 rings (SSSR count). The van der Waals surface area contributed by atoms with E-state index in [0.29, 0.717) is 5.69 Å². The summed E-state index contributed by atoms with van der Waals surface area (Å²) in [6.45, 7) is 6.83. The summed E-state index contributed by atoms with van der Waals surface area (Å²) in [7, 11) is 0. The molecule has 0 saturated heterocycles. The molecule has 6 heteroatoms. The topological polar surface area (TPSA) is 75.7 Å². The SMILES string of the molecule is CC(=O)N1C=Cc2ccccc2[C@@H]1CC(=O)O[C@H](C)C(=O)Nc1cc(C)ccc1C. The molecule has 0 radical (unpaired) electrons. The minimum atomic E-state index is -0.961. The van der Waals surface area contributed by atoms with Crippen LogP contribution in [0.1, 0.15) is 48.6 Å². The quantitative estimate of drug-likeness (QED) is 0.758. The lowest BCUT2D eigenvalue weighted by Gasteiger charge is -2.32. The monoisotopic (exact) mass is 406 g/mol. The maximum absolute atomic E-state index is 12.6. The Balaban J connectivity index is 1.68. The van der Waals surface area contributed by atoms with E-state index in [1.165, 1.54) is 18.7 Å². The average molecular weight is 406 g/mol. The summed E-state index contributed by atoms with van der Waals surface area (Å²) in [5.74, 6) is -1.11. The van der Waals surface area contributed by atoms with Gasteiger partial charge in [-0.05, 0) is 55.2 Å². The van der Waals surface area contributed by atoms with Crippen molar-refractivity contribution in [2.24, 2.45) is 0 Å². The van der Waals surface area contributed by atoms with E-state index in [2.05, 4.69) is 5.32 Å². The van der Waals surface area contributed by atoms with Crippen molar-refractivity contribution in [3.8, 4) is 0 Å². The fourth-order valence-corrected chi connectivity index (χ4v) is 3.47. The van der Waals surface area contributed by atoms with E-state index in [-0.39, 0.29) is 12.3 Å². The predicted octanol–water partition coefficient (Wildman–Crippen LogP) is 4.14. The van der Waals surface area contributed by atoms with Crippen LogP contribution in [-0.2, 0) is 19.1 Å². The molecule has 0 saturated carbocycles. The fourth-order valence-electron chi connectivity index (χ4n) is 3.47. The number of nitrogens with zero attached hydrogens (tertiary/aromatic N) is 1. The van der Waals surface area contributed by atoms with Gasteiger partial charge in [0.1, 0.15) is 0 Å². The molecular formula is C24H26N2O4. The zero-order valence-corrected chi connectivity index (χ0v) is 17.6.